The van der Waals surface area contributed by atoms with Crippen LogP contribution in [-0.2, 0) is 55.7 Å². The van der Waals surface area contributed by atoms with E-state index in [0.29, 0.717) is 49.8 Å². The molecule has 21 nitrogen and oxygen atoms in total. The molecule has 0 amide bonds. The molecular weight excluding hydrogens is 1000 g/mol. The number of rotatable bonds is 18. The number of pyridine rings is 1. The average Bonchev–Trinajstić information content (AvgIpc) is 3.36. The summed E-state index contributed by atoms with van der Waals surface area (Å²) in [7, 11) is 5.20. The van der Waals surface area contributed by atoms with Gasteiger partial charge in [0.2, 0.25) is 5.43 Å². The highest BCUT2D eigenvalue weighted by Crippen LogP contribution is 2.41. The number of aliphatic hydroxyl groups excluding tert-OH is 2. The van der Waals surface area contributed by atoms with Crippen molar-refractivity contribution < 1.29 is 78.3 Å². The minimum absolute atomic E-state index is 0.0465. The molecule has 3 aliphatic rings. The second-order valence-electron chi connectivity index (χ2n) is 22.9. The lowest BCUT2D eigenvalue weighted by Crippen LogP contribution is -2.60. The van der Waals surface area contributed by atoms with Gasteiger partial charge in [-0.3, -0.25) is 14.4 Å². The predicted octanol–water partition coefficient (Wildman–Crippen LogP) is 4.49. The summed E-state index contributed by atoms with van der Waals surface area (Å²) < 4.78 is 45.9. The lowest BCUT2D eigenvalue weighted by molar-refractivity contribution is -0.302. The van der Waals surface area contributed by atoms with Crippen LogP contribution in [0.2, 0.25) is 0 Å². The number of likely N-dealkylation sites (N-methyl/N-ethyl adjacent to an activating group) is 1. The van der Waals surface area contributed by atoms with E-state index in [1.54, 1.807) is 66.0 Å². The number of methoxy groups -OCH3 is 1. The van der Waals surface area contributed by atoms with Crippen molar-refractivity contribution >= 4 is 34.5 Å². The first kappa shape index (κ1) is 63.7. The molecule has 1 aromatic heterocycles. The minimum atomic E-state index is -2.00. The number of hydrogen-bond donors (Lipinski definition) is 7. The molecule has 1 aromatic carbocycles. The zero-order valence-corrected chi connectivity index (χ0v) is 47.8. The number of cyclic esters (lactones) is 1. The first-order valence-electron chi connectivity index (χ1n) is 27.4. The molecule has 3 saturated heterocycles. The van der Waals surface area contributed by atoms with Gasteiger partial charge < -0.3 is 78.7 Å². The Kier molecular flexibility index (Phi) is 22.2. The van der Waals surface area contributed by atoms with E-state index >= 15 is 0 Å². The van der Waals surface area contributed by atoms with Crippen LogP contribution in [0.15, 0.2) is 34.3 Å². The molecular formula is C56H90N4O17. The molecule has 11 unspecified atom stereocenters. The third kappa shape index (κ3) is 14.8. The van der Waals surface area contributed by atoms with Gasteiger partial charge in [0.1, 0.15) is 29.0 Å². The number of hydrogen-bond acceptors (Lipinski definition) is 19. The van der Waals surface area contributed by atoms with E-state index in [9.17, 15) is 49.9 Å². The maximum absolute atomic E-state index is 14.5. The lowest BCUT2D eigenvalue weighted by Gasteiger charge is -2.48. The number of nitrogens with zero attached hydrogens (tertiary/aromatic N) is 3. The molecule has 0 radical (unpaired) electrons. The lowest BCUT2D eigenvalue weighted by atomic mass is 9.71. The molecule has 7 N–H and O–H groups in total. The van der Waals surface area contributed by atoms with Crippen LogP contribution in [-0.4, -0.2) is 183 Å². The molecule has 21 heteroatoms. The predicted molar refractivity (Wildman–Crippen MR) is 286 cm³/mol. The third-order valence-electron chi connectivity index (χ3n) is 16.7. The van der Waals surface area contributed by atoms with Crippen LogP contribution in [0.3, 0.4) is 0 Å². The number of carbonyl (C=O) groups excluding carboxylic acids is 2. The first-order chi connectivity index (χ1) is 36.1. The summed E-state index contributed by atoms with van der Waals surface area (Å²) in [5, 5.41) is 75.1. The Bertz CT molecular complexity index is 2400. The molecule has 5 rings (SSSR count). The SMILES string of the molecule is CC[C@@H]1OC(=O)C(C)C(COC2CC(C)(OC)[C@H](OC(=O)CCNCCCc3ccc4c(c3)c(=O)c(C(=O)O)cn4CC)[C@H](C)O2)C(C)[C@H](OC2OC(C)CC(N(C)C)[C@H]2O)[C@](C)(O)CC(C)/C(=N\O)C(C)C(O)[C@]1(C)O. The summed E-state index contributed by atoms with van der Waals surface area (Å²) in [5.41, 5.74) is -4.03. The van der Waals surface area contributed by atoms with Gasteiger partial charge in [-0.15, -0.1) is 0 Å². The molecule has 0 bridgehead atoms. The van der Waals surface area contributed by atoms with Crippen LogP contribution < -0.4 is 10.7 Å². The number of fused-ring (bicyclic) bond motifs is 1. The quantitative estimate of drug-likeness (QED) is 0.0468. The summed E-state index contributed by atoms with van der Waals surface area (Å²) in [6, 6.07) is 5.15. The Labute approximate surface area is 453 Å². The Morgan fingerprint density at radius 1 is 0.961 bits per heavy atom. The largest absolute Gasteiger partial charge is 0.477 e. The summed E-state index contributed by atoms with van der Waals surface area (Å²) >= 11 is 0. The van der Waals surface area contributed by atoms with Gasteiger partial charge in [-0.1, -0.05) is 45.8 Å². The standard InChI is InChI=1S/C56H90N4O17/c1-15-42-56(11,69)48(64)34(7)45(58-70)30(3)26-54(9,68)49(77-53-47(63)41(59(12)13)24-31(4)73-53)32(5)39(33(6)52(67)75-42)29-72-44-27-55(10,71-14)50(35(8)74-44)76-43(61)21-23-57-22-17-18-36-19-20-40-37(25-36)46(62)38(51(65)66)28-60(40)16-2/h19-20,25,28,30-35,39,41-42,44,47-50,53,57,63-64,68-70H,15-18,21-24,26-27,29H2,1-14H3,(H,65,66)/b58-45+/t30?,31?,32?,33?,34?,35-,39?,41?,42-,44?,47+,48?,49-,50+,53?,54+,55?,56+/m0/s1. The first-order valence-corrected chi connectivity index (χ1v) is 27.4. The number of aryl methyl sites for hydroxylation is 2. The third-order valence-corrected chi connectivity index (χ3v) is 16.7. The fourth-order valence-corrected chi connectivity index (χ4v) is 12.0. The fraction of sp³-hybridized carbons (Fsp3) is 0.768. The van der Waals surface area contributed by atoms with Crippen molar-refractivity contribution in [1.82, 2.24) is 14.8 Å². The highest BCUT2D eigenvalue weighted by molar-refractivity contribution is 5.92. The molecule has 436 valence electrons. The van der Waals surface area contributed by atoms with Gasteiger partial charge in [0.15, 0.2) is 18.7 Å². The number of nitrogens with one attached hydrogen (secondary N) is 1. The smallest absolute Gasteiger partial charge is 0.341 e. The monoisotopic (exact) mass is 1090 g/mol. The van der Waals surface area contributed by atoms with Crippen LogP contribution >= 0.6 is 0 Å². The molecule has 3 fully saturated rings. The Morgan fingerprint density at radius 2 is 1.65 bits per heavy atom. The number of ether oxygens (including phenoxy) is 7. The zero-order valence-electron chi connectivity index (χ0n) is 47.8. The van der Waals surface area contributed by atoms with Crippen molar-refractivity contribution in [2.75, 3.05) is 40.9 Å². The van der Waals surface area contributed by atoms with Crippen molar-refractivity contribution in [3.05, 3.63) is 45.7 Å². The molecule has 0 saturated carbocycles. The highest BCUT2D eigenvalue weighted by Gasteiger charge is 2.53. The molecule has 4 heterocycles. The van der Waals surface area contributed by atoms with Crippen molar-refractivity contribution in [3.63, 3.8) is 0 Å². The van der Waals surface area contributed by atoms with Gasteiger partial charge in [0.25, 0.3) is 0 Å². The number of benzene rings is 1. The Hall–Kier alpha value is -4.13. The van der Waals surface area contributed by atoms with Crippen LogP contribution in [0.25, 0.3) is 10.9 Å². The maximum atomic E-state index is 14.5. The summed E-state index contributed by atoms with van der Waals surface area (Å²) in [6.07, 6.45) is -5.76. The van der Waals surface area contributed by atoms with Crippen LogP contribution in [0.4, 0.5) is 0 Å². The summed E-state index contributed by atoms with van der Waals surface area (Å²) in [4.78, 5) is 54.4. The van der Waals surface area contributed by atoms with Crippen molar-refractivity contribution in [3.8, 4) is 0 Å². The number of carbonyl (C=O) groups is 3. The summed E-state index contributed by atoms with van der Waals surface area (Å²) in [6.45, 7) is 19.9. The number of aromatic carboxylic acids is 1. The van der Waals surface area contributed by atoms with Crippen LogP contribution in [0.1, 0.15) is 131 Å². The van der Waals surface area contributed by atoms with E-state index in [1.807, 2.05) is 45.0 Å². The van der Waals surface area contributed by atoms with Crippen molar-refractivity contribution in [2.24, 2.45) is 34.7 Å². The van der Waals surface area contributed by atoms with Gasteiger partial charge in [0.05, 0.1) is 60.2 Å². The van der Waals surface area contributed by atoms with E-state index in [-0.39, 0.29) is 55.7 Å². The van der Waals surface area contributed by atoms with Gasteiger partial charge in [-0.25, -0.2) is 4.79 Å². The number of aliphatic hydroxyl groups is 4. The second kappa shape index (κ2) is 26.9. The van der Waals surface area contributed by atoms with Crippen LogP contribution in [0, 0.1) is 29.6 Å². The van der Waals surface area contributed by atoms with E-state index in [2.05, 4.69) is 10.5 Å². The van der Waals surface area contributed by atoms with E-state index < -0.39 is 119 Å². The van der Waals surface area contributed by atoms with Crippen molar-refractivity contribution in [2.45, 2.75) is 206 Å². The normalized spacial score (nSPS) is 37.4. The second-order valence-corrected chi connectivity index (χ2v) is 22.9. The van der Waals surface area contributed by atoms with Gasteiger partial charge in [-0.05, 0) is 118 Å². The summed E-state index contributed by atoms with van der Waals surface area (Å²) in [5.74, 6) is -6.69. The Morgan fingerprint density at radius 3 is 2.26 bits per heavy atom. The van der Waals surface area contributed by atoms with Gasteiger partial charge >= 0.3 is 17.9 Å². The maximum Gasteiger partial charge on any atom is 0.341 e. The van der Waals surface area contributed by atoms with E-state index in [4.69, 9.17) is 33.2 Å². The average molecular weight is 1090 g/mol. The van der Waals surface area contributed by atoms with Crippen molar-refractivity contribution in [1.29, 1.82) is 0 Å². The van der Waals surface area contributed by atoms with Gasteiger partial charge in [0, 0.05) is 62.0 Å². The minimum Gasteiger partial charge on any atom is -0.477 e. The van der Waals surface area contributed by atoms with Gasteiger partial charge in [-0.2, -0.15) is 0 Å². The number of oxime groups is 1. The fourth-order valence-electron chi connectivity index (χ4n) is 12.0. The molecule has 3 aliphatic heterocycles. The number of esters is 2. The van der Waals surface area contributed by atoms with Crippen LogP contribution in [0.5, 0.6) is 0 Å². The highest BCUT2D eigenvalue weighted by atomic mass is 16.7. The topological polar surface area (TPSA) is 287 Å². The number of aromatic nitrogens is 1. The van der Waals surface area contributed by atoms with E-state index in [0.717, 1.165) is 5.56 Å². The molecule has 0 spiro atoms. The Balaban J connectivity index is 1.31. The molecule has 2 aromatic rings. The molecule has 0 aliphatic carbocycles. The zero-order chi connectivity index (χ0) is 57.5. The molecule has 18 atom stereocenters. The number of carboxylic acid groups (broad SMARTS) is 1. The van der Waals surface area contributed by atoms with E-state index in [1.165, 1.54) is 20.2 Å². The number of carboxylic acids is 1. The molecule has 77 heavy (non-hydrogen) atoms.